The molecular formula is C32H35Br5O10. The molecule has 47 heavy (non-hydrogen) atoms. The van der Waals surface area contributed by atoms with Crippen LogP contribution in [0.3, 0.4) is 0 Å². The molecule has 10 nitrogen and oxygen atoms in total. The molecule has 0 saturated heterocycles. The van der Waals surface area contributed by atoms with Crippen LogP contribution in [0.5, 0.6) is 28.7 Å². The number of carbonyl (C=O) groups excluding carboxylic acids is 5. The number of ether oxygens (including phenoxy) is 5. The van der Waals surface area contributed by atoms with E-state index in [0.29, 0.717) is 0 Å². The number of rotatable bonds is 11. The average molecular weight is 979 g/mol. The Bertz CT molecular complexity index is 1470. The summed E-state index contributed by atoms with van der Waals surface area (Å²) in [5.41, 5.74) is 0.145. The van der Waals surface area contributed by atoms with E-state index in [9.17, 15) is 24.0 Å². The maximum absolute atomic E-state index is 13.2. The zero-order valence-electron chi connectivity index (χ0n) is 27.4. The molecule has 2 aromatic carbocycles. The van der Waals surface area contributed by atoms with Gasteiger partial charge in [0.25, 0.3) is 0 Å². The second-order valence-corrected chi connectivity index (χ2v) is 22.7. The standard InChI is InChI=1S/C32H35Br5O10/c1-28(2,33)23(38)43-17-11-16(12-18(13-17)44-24(39)29(3,4)34)22-20(46-26(41)31(7,8)36)14-19(45-25(40)30(5,6)35)15-21(22)47-27(42)32(9,10)37/h11-15H,1-10H3. The van der Waals surface area contributed by atoms with Crippen LogP contribution in [0.4, 0.5) is 0 Å². The second kappa shape index (κ2) is 15.0. The van der Waals surface area contributed by atoms with E-state index in [0.717, 1.165) is 0 Å². The Kier molecular flexibility index (Phi) is 13.2. The van der Waals surface area contributed by atoms with Crippen LogP contribution in [0.1, 0.15) is 69.2 Å². The Balaban J connectivity index is 3.04. The summed E-state index contributed by atoms with van der Waals surface area (Å²) in [5.74, 6) is -4.16. The number of hydrogen-bond acceptors (Lipinski definition) is 10. The first-order chi connectivity index (χ1) is 21.0. The van der Waals surface area contributed by atoms with E-state index in [1.165, 1.54) is 30.3 Å². The highest BCUT2D eigenvalue weighted by molar-refractivity contribution is 9.11. The van der Waals surface area contributed by atoms with Gasteiger partial charge in [-0.3, -0.25) is 24.0 Å². The van der Waals surface area contributed by atoms with Crippen molar-refractivity contribution in [2.75, 3.05) is 0 Å². The van der Waals surface area contributed by atoms with E-state index in [2.05, 4.69) is 79.6 Å². The Labute approximate surface area is 316 Å². The molecule has 2 aromatic rings. The minimum absolute atomic E-state index is 0.00417. The Morgan fingerprint density at radius 1 is 0.404 bits per heavy atom. The molecule has 0 aliphatic carbocycles. The summed E-state index contributed by atoms with van der Waals surface area (Å²) >= 11 is 16.4. The minimum atomic E-state index is -1.18. The molecule has 0 N–H and O–H groups in total. The zero-order chi connectivity index (χ0) is 36.5. The number of hydrogen-bond donors (Lipinski definition) is 0. The highest BCUT2D eigenvalue weighted by atomic mass is 79.9. The van der Waals surface area contributed by atoms with Gasteiger partial charge in [0.05, 0.1) is 5.56 Å². The number of esters is 5. The van der Waals surface area contributed by atoms with Crippen LogP contribution < -0.4 is 23.7 Å². The van der Waals surface area contributed by atoms with Crippen LogP contribution in [-0.4, -0.2) is 51.5 Å². The molecule has 0 bridgehead atoms. The smallest absolute Gasteiger partial charge is 0.327 e. The quantitative estimate of drug-likeness (QED) is 0.122. The Hall–Kier alpha value is -1.81. The van der Waals surface area contributed by atoms with Crippen LogP contribution >= 0.6 is 79.6 Å². The molecule has 2 rings (SSSR count). The first-order valence-corrected chi connectivity index (χ1v) is 17.9. The normalized spacial score (nSPS) is 12.6. The van der Waals surface area contributed by atoms with Gasteiger partial charge in [0.1, 0.15) is 50.4 Å². The molecule has 258 valence electrons. The Morgan fingerprint density at radius 3 is 0.894 bits per heavy atom. The van der Waals surface area contributed by atoms with Gasteiger partial charge in [0, 0.05) is 18.2 Å². The maximum Gasteiger partial charge on any atom is 0.327 e. The zero-order valence-corrected chi connectivity index (χ0v) is 35.3. The lowest BCUT2D eigenvalue weighted by Gasteiger charge is -2.23. The molecule has 0 fully saturated rings. The summed E-state index contributed by atoms with van der Waals surface area (Å²) < 4.78 is 22.8. The first-order valence-electron chi connectivity index (χ1n) is 13.9. The lowest BCUT2D eigenvalue weighted by molar-refractivity contribution is -0.137. The molecule has 0 amide bonds. The number of halogens is 5. The predicted molar refractivity (Wildman–Crippen MR) is 195 cm³/mol. The average Bonchev–Trinajstić information content (AvgIpc) is 2.85. The van der Waals surface area contributed by atoms with Crippen molar-refractivity contribution in [1.29, 1.82) is 0 Å². The van der Waals surface area contributed by atoms with Crippen LogP contribution in [0, 0.1) is 0 Å². The predicted octanol–water partition coefficient (Wildman–Crippen LogP) is 8.75. The molecular weight excluding hydrogens is 944 g/mol. The van der Waals surface area contributed by atoms with Gasteiger partial charge in [-0.05, 0) is 86.9 Å². The summed E-state index contributed by atoms with van der Waals surface area (Å²) in [6.07, 6.45) is 0. The summed E-state index contributed by atoms with van der Waals surface area (Å²) in [6, 6.07) is 6.68. The summed E-state index contributed by atoms with van der Waals surface area (Å²) in [5, 5.41) is 0. The Morgan fingerprint density at radius 2 is 0.638 bits per heavy atom. The summed E-state index contributed by atoms with van der Waals surface area (Å²) in [6.45, 7) is 15.7. The van der Waals surface area contributed by atoms with Gasteiger partial charge >= 0.3 is 29.8 Å². The van der Waals surface area contributed by atoms with Crippen molar-refractivity contribution in [2.45, 2.75) is 90.9 Å². The SMILES string of the molecule is CC(C)(Br)C(=O)Oc1cc(OC(=O)C(C)(C)Br)cc(-c2c(OC(=O)C(C)(C)Br)cc(OC(=O)C(C)(C)Br)cc2OC(=O)C(C)(C)Br)c1. The van der Waals surface area contributed by atoms with E-state index in [-0.39, 0.29) is 39.9 Å². The fourth-order valence-corrected chi connectivity index (χ4v) is 3.44. The summed E-state index contributed by atoms with van der Waals surface area (Å²) in [7, 11) is 0. The van der Waals surface area contributed by atoms with Gasteiger partial charge in [-0.2, -0.15) is 0 Å². The number of carbonyl (C=O) groups is 5. The third kappa shape index (κ3) is 12.2. The molecule has 0 saturated carbocycles. The lowest BCUT2D eigenvalue weighted by atomic mass is 10.0. The first kappa shape index (κ1) is 41.4. The molecule has 0 aliphatic heterocycles. The fourth-order valence-electron chi connectivity index (χ4n) is 3.03. The maximum atomic E-state index is 13.2. The van der Waals surface area contributed by atoms with Crippen LogP contribution in [0.15, 0.2) is 30.3 Å². The van der Waals surface area contributed by atoms with Gasteiger partial charge in [0.2, 0.25) is 0 Å². The lowest BCUT2D eigenvalue weighted by Crippen LogP contribution is -2.31. The fraction of sp³-hybridized carbons (Fsp3) is 0.469. The number of benzene rings is 2. The van der Waals surface area contributed by atoms with Crippen LogP contribution in [0.2, 0.25) is 0 Å². The van der Waals surface area contributed by atoms with E-state index in [1.54, 1.807) is 69.2 Å². The van der Waals surface area contributed by atoms with E-state index in [1.807, 2.05) is 0 Å². The van der Waals surface area contributed by atoms with Crippen molar-refractivity contribution in [2.24, 2.45) is 0 Å². The number of alkyl halides is 5. The molecule has 0 aromatic heterocycles. The van der Waals surface area contributed by atoms with Crippen LogP contribution in [-0.2, 0) is 24.0 Å². The third-order valence-electron chi connectivity index (χ3n) is 5.67. The van der Waals surface area contributed by atoms with Gasteiger partial charge in [-0.15, -0.1) is 0 Å². The van der Waals surface area contributed by atoms with Crippen molar-refractivity contribution < 1.29 is 47.7 Å². The van der Waals surface area contributed by atoms with E-state index in [4.69, 9.17) is 23.7 Å². The second-order valence-electron chi connectivity index (χ2n) is 12.8. The van der Waals surface area contributed by atoms with Crippen LogP contribution in [0.25, 0.3) is 11.1 Å². The van der Waals surface area contributed by atoms with E-state index >= 15 is 0 Å². The molecule has 0 aliphatic rings. The van der Waals surface area contributed by atoms with Crippen molar-refractivity contribution in [1.82, 2.24) is 0 Å². The molecule has 0 atom stereocenters. The van der Waals surface area contributed by atoms with Gasteiger partial charge < -0.3 is 23.7 Å². The molecule has 0 unspecified atom stereocenters. The van der Waals surface area contributed by atoms with Crippen molar-refractivity contribution in [3.05, 3.63) is 30.3 Å². The monoisotopic (exact) mass is 974 g/mol. The van der Waals surface area contributed by atoms with Gasteiger partial charge in [-0.1, -0.05) is 79.6 Å². The van der Waals surface area contributed by atoms with E-state index < -0.39 is 51.5 Å². The summed E-state index contributed by atoms with van der Waals surface area (Å²) in [4.78, 5) is 65.0. The van der Waals surface area contributed by atoms with Gasteiger partial charge in [0.15, 0.2) is 0 Å². The molecule has 0 spiro atoms. The van der Waals surface area contributed by atoms with Crippen molar-refractivity contribution in [3.8, 4) is 39.9 Å². The van der Waals surface area contributed by atoms with Crippen molar-refractivity contribution in [3.63, 3.8) is 0 Å². The third-order valence-corrected chi connectivity index (χ3v) is 7.29. The highest BCUT2D eigenvalue weighted by Gasteiger charge is 2.34. The molecule has 0 radical (unpaired) electrons. The van der Waals surface area contributed by atoms with Crippen molar-refractivity contribution >= 4 is 109 Å². The molecule has 0 heterocycles. The largest absolute Gasteiger partial charge is 0.425 e. The molecule has 15 heteroatoms. The highest BCUT2D eigenvalue weighted by Crippen LogP contribution is 2.46. The van der Waals surface area contributed by atoms with Gasteiger partial charge in [-0.25, -0.2) is 0 Å². The minimum Gasteiger partial charge on any atom is -0.425 e. The topological polar surface area (TPSA) is 132 Å².